The van der Waals surface area contributed by atoms with E-state index in [0.29, 0.717) is 17.7 Å². The molecule has 0 aromatic rings. The van der Waals surface area contributed by atoms with Gasteiger partial charge in [-0.2, -0.15) is 0 Å². The molecule has 6 bridgehead atoms. The molecule has 2 unspecified atom stereocenters. The maximum atomic E-state index is 11.9. The van der Waals surface area contributed by atoms with Gasteiger partial charge >= 0.3 is 0 Å². The lowest BCUT2D eigenvalue weighted by Gasteiger charge is -2.17. The van der Waals surface area contributed by atoms with Crippen LogP contribution in [0.4, 0.5) is 0 Å². The number of hydrogen-bond donors (Lipinski definition) is 0. The molecule has 0 amide bonds. The zero-order chi connectivity index (χ0) is 7.38. The van der Waals surface area contributed by atoms with E-state index in [4.69, 9.17) is 4.52 Å². The second kappa shape index (κ2) is 1.25. The van der Waals surface area contributed by atoms with Crippen LogP contribution in [0.5, 0.6) is 0 Å². The van der Waals surface area contributed by atoms with E-state index in [1.165, 1.54) is 6.42 Å². The quantitative estimate of drug-likeness (QED) is 0.515. The molecule has 5 fully saturated rings. The van der Waals surface area contributed by atoms with Crippen LogP contribution in [-0.2, 0) is 9.09 Å². The fourth-order valence-corrected chi connectivity index (χ4v) is 7.11. The smallest absolute Gasteiger partial charge is 0.204 e. The molecule has 0 N–H and O–H groups in total. The van der Waals surface area contributed by atoms with Crippen LogP contribution in [0.2, 0.25) is 0 Å². The second-order valence-electron chi connectivity index (χ2n) is 4.69. The fraction of sp³-hybridized carbons (Fsp3) is 1.00. The Morgan fingerprint density at radius 2 is 2.18 bits per heavy atom. The third-order valence-corrected chi connectivity index (χ3v) is 6.82. The van der Waals surface area contributed by atoms with E-state index < -0.39 is 7.37 Å². The van der Waals surface area contributed by atoms with Crippen molar-refractivity contribution in [2.75, 3.05) is 6.66 Å². The molecular formula is C8H11O2P. The Morgan fingerprint density at radius 3 is 2.64 bits per heavy atom. The highest BCUT2D eigenvalue weighted by Crippen LogP contribution is 2.85. The van der Waals surface area contributed by atoms with E-state index in [9.17, 15) is 4.57 Å². The first-order chi connectivity index (χ1) is 5.20. The van der Waals surface area contributed by atoms with Crippen LogP contribution in [0, 0.1) is 23.7 Å². The first kappa shape index (κ1) is 5.77. The summed E-state index contributed by atoms with van der Waals surface area (Å²) >= 11 is 0. The lowest BCUT2D eigenvalue weighted by molar-refractivity contribution is 0.194. The summed E-state index contributed by atoms with van der Waals surface area (Å²) in [4.78, 5) is 0. The van der Waals surface area contributed by atoms with Gasteiger partial charge < -0.3 is 4.52 Å². The van der Waals surface area contributed by atoms with Crippen LogP contribution in [0.1, 0.15) is 6.42 Å². The molecule has 11 heavy (non-hydrogen) atoms. The summed E-state index contributed by atoms with van der Waals surface area (Å²) in [5, 5.41) is 0. The molecule has 4 saturated carbocycles. The molecule has 3 heteroatoms. The summed E-state index contributed by atoms with van der Waals surface area (Å²) in [7, 11) is -2.13. The number of hydrogen-bond acceptors (Lipinski definition) is 2. The maximum Gasteiger partial charge on any atom is 0.204 e. The minimum atomic E-state index is -2.13. The first-order valence-electron chi connectivity index (χ1n) is 4.46. The van der Waals surface area contributed by atoms with E-state index in [1.807, 2.05) is 6.66 Å². The van der Waals surface area contributed by atoms with Crippen LogP contribution in [0.25, 0.3) is 0 Å². The Balaban J connectivity index is 1.97. The van der Waals surface area contributed by atoms with Gasteiger partial charge in [0, 0.05) is 12.3 Å². The van der Waals surface area contributed by atoms with Crippen LogP contribution in [0.15, 0.2) is 0 Å². The normalized spacial score (nSPS) is 81.2. The van der Waals surface area contributed by atoms with Crippen LogP contribution in [0.3, 0.4) is 0 Å². The van der Waals surface area contributed by atoms with Gasteiger partial charge in [-0.3, -0.25) is 4.57 Å². The van der Waals surface area contributed by atoms with Crippen molar-refractivity contribution in [2.45, 2.75) is 18.2 Å². The van der Waals surface area contributed by atoms with Crippen molar-refractivity contribution >= 4 is 7.37 Å². The average molecular weight is 170 g/mol. The Hall–Kier alpha value is 0.190. The Bertz CT molecular complexity index is 300. The Labute approximate surface area is 65.8 Å². The second-order valence-corrected chi connectivity index (χ2v) is 7.31. The molecule has 0 radical (unpaired) electrons. The van der Waals surface area contributed by atoms with Gasteiger partial charge in [0.15, 0.2) is 0 Å². The predicted molar refractivity (Wildman–Crippen MR) is 40.8 cm³/mol. The molecular weight excluding hydrogens is 159 g/mol. The van der Waals surface area contributed by atoms with Gasteiger partial charge in [-0.25, -0.2) is 0 Å². The molecule has 1 heterocycles. The fourth-order valence-electron chi connectivity index (χ4n) is 4.16. The summed E-state index contributed by atoms with van der Waals surface area (Å²) in [6, 6.07) is 0. The van der Waals surface area contributed by atoms with Gasteiger partial charge in [0.25, 0.3) is 0 Å². The van der Waals surface area contributed by atoms with Gasteiger partial charge in [-0.1, -0.05) is 0 Å². The van der Waals surface area contributed by atoms with Crippen molar-refractivity contribution in [1.82, 2.24) is 0 Å². The molecule has 1 saturated heterocycles. The lowest BCUT2D eigenvalue weighted by Crippen LogP contribution is -2.09. The largest absolute Gasteiger partial charge is 0.324 e. The highest BCUT2D eigenvalue weighted by Gasteiger charge is 2.81. The van der Waals surface area contributed by atoms with Gasteiger partial charge in [-0.05, 0) is 30.1 Å². The third-order valence-electron chi connectivity index (χ3n) is 4.34. The average Bonchev–Trinajstić information content (AvgIpc) is 2.29. The molecule has 2 nitrogen and oxygen atoms in total. The van der Waals surface area contributed by atoms with Gasteiger partial charge in [-0.15, -0.1) is 0 Å². The molecule has 5 aliphatic rings. The van der Waals surface area contributed by atoms with E-state index in [0.717, 1.165) is 17.8 Å². The van der Waals surface area contributed by atoms with Crippen molar-refractivity contribution in [3.05, 3.63) is 0 Å². The topological polar surface area (TPSA) is 26.3 Å². The van der Waals surface area contributed by atoms with Crippen LogP contribution >= 0.6 is 7.37 Å². The minimum Gasteiger partial charge on any atom is -0.324 e. The van der Waals surface area contributed by atoms with Gasteiger partial charge in [0.2, 0.25) is 7.37 Å². The molecule has 4 aliphatic carbocycles. The maximum absolute atomic E-state index is 11.9. The summed E-state index contributed by atoms with van der Waals surface area (Å²) < 4.78 is 17.5. The van der Waals surface area contributed by atoms with E-state index in [-0.39, 0.29) is 0 Å². The zero-order valence-electron chi connectivity index (χ0n) is 6.43. The van der Waals surface area contributed by atoms with Crippen molar-refractivity contribution in [1.29, 1.82) is 0 Å². The van der Waals surface area contributed by atoms with Crippen molar-refractivity contribution in [3.63, 3.8) is 0 Å². The molecule has 7 atom stereocenters. The van der Waals surface area contributed by atoms with Gasteiger partial charge in [0.05, 0.1) is 6.10 Å². The SMILES string of the molecule is C[P@]1(=O)O[C@H]2C3C4[C@H]3C[C@H]2[C@@H]41. The number of rotatable bonds is 0. The van der Waals surface area contributed by atoms with E-state index in [1.54, 1.807) is 0 Å². The molecule has 0 aromatic carbocycles. The van der Waals surface area contributed by atoms with E-state index >= 15 is 0 Å². The Kier molecular flexibility index (Phi) is 0.658. The standard InChI is InChI=1S/C8H11O2P/c1-11(9)8-4-2-3-5(6(3)8)7(4)10-11/h3-8H,2H2,1H3/t3-,4+,5?,6?,7+,8-,11-/m0/s1. The summed E-state index contributed by atoms with van der Waals surface area (Å²) in [5.74, 6) is 3.35. The van der Waals surface area contributed by atoms with Crippen molar-refractivity contribution in [3.8, 4) is 0 Å². The van der Waals surface area contributed by atoms with Crippen LogP contribution in [-0.4, -0.2) is 18.4 Å². The van der Waals surface area contributed by atoms with Crippen molar-refractivity contribution in [2.24, 2.45) is 23.7 Å². The molecule has 60 valence electrons. The van der Waals surface area contributed by atoms with Crippen molar-refractivity contribution < 1.29 is 9.09 Å². The van der Waals surface area contributed by atoms with E-state index in [2.05, 4.69) is 0 Å². The summed E-state index contributed by atoms with van der Waals surface area (Å²) in [6.45, 7) is 1.85. The predicted octanol–water partition coefficient (Wildman–Crippen LogP) is 1.56. The highest BCUT2D eigenvalue weighted by atomic mass is 31.2. The lowest BCUT2D eigenvalue weighted by atomic mass is 10.1. The molecule has 1 aliphatic heterocycles. The van der Waals surface area contributed by atoms with Gasteiger partial charge in [0.1, 0.15) is 0 Å². The highest BCUT2D eigenvalue weighted by molar-refractivity contribution is 7.59. The summed E-state index contributed by atoms with van der Waals surface area (Å²) in [5.41, 5.74) is 0.502. The minimum absolute atomic E-state index is 0.436. The van der Waals surface area contributed by atoms with Crippen LogP contribution < -0.4 is 0 Å². The monoisotopic (exact) mass is 170 g/mol. The molecule has 5 rings (SSSR count). The first-order valence-corrected chi connectivity index (χ1v) is 6.60. The zero-order valence-corrected chi connectivity index (χ0v) is 7.33. The molecule has 0 spiro atoms. The summed E-state index contributed by atoms with van der Waals surface area (Å²) in [6.07, 6.45) is 1.77. The Morgan fingerprint density at radius 1 is 1.36 bits per heavy atom. The molecule has 0 aromatic heterocycles. The third kappa shape index (κ3) is 0.403.